The van der Waals surface area contributed by atoms with Crippen LogP contribution in [0.2, 0.25) is 0 Å². The lowest BCUT2D eigenvalue weighted by Crippen LogP contribution is -2.04. The molecule has 0 unspecified atom stereocenters. The third kappa shape index (κ3) is 3.05. The van der Waals surface area contributed by atoms with E-state index >= 15 is 0 Å². The van der Waals surface area contributed by atoms with E-state index in [1.807, 2.05) is 37.3 Å². The number of rotatable bonds is 6. The van der Waals surface area contributed by atoms with Crippen LogP contribution in [-0.2, 0) is 4.79 Å². The van der Waals surface area contributed by atoms with Gasteiger partial charge in [-0.1, -0.05) is 24.3 Å². The van der Waals surface area contributed by atoms with Crippen molar-refractivity contribution in [3.63, 3.8) is 0 Å². The van der Waals surface area contributed by atoms with Crippen molar-refractivity contribution in [2.75, 3.05) is 6.61 Å². The maximum atomic E-state index is 12.2. The lowest BCUT2D eigenvalue weighted by molar-refractivity contribution is -0.116. The average molecular weight is 270 g/mol. The van der Waals surface area contributed by atoms with Gasteiger partial charge in [0.1, 0.15) is 11.5 Å². The Morgan fingerprint density at radius 3 is 2.35 bits per heavy atom. The molecule has 0 aliphatic rings. The highest BCUT2D eigenvalue weighted by atomic mass is 16.5. The minimum Gasteiger partial charge on any atom is -0.493 e. The van der Waals surface area contributed by atoms with Gasteiger partial charge in [-0.2, -0.15) is 0 Å². The van der Waals surface area contributed by atoms with Crippen LogP contribution in [0.4, 0.5) is 0 Å². The zero-order chi connectivity index (χ0) is 14.5. The first-order chi connectivity index (χ1) is 9.63. The van der Waals surface area contributed by atoms with Gasteiger partial charge < -0.3 is 9.53 Å². The quantitative estimate of drug-likeness (QED) is 0.750. The fourth-order valence-corrected chi connectivity index (χ4v) is 2.22. The molecule has 0 aromatic heterocycles. The van der Waals surface area contributed by atoms with Crippen LogP contribution in [0.1, 0.15) is 37.0 Å². The number of carbonyl (C=O) groups excluding carboxylic acids is 2. The maximum absolute atomic E-state index is 12.2. The first-order valence-electron chi connectivity index (χ1n) is 6.80. The van der Waals surface area contributed by atoms with Crippen molar-refractivity contribution in [1.82, 2.24) is 0 Å². The minimum atomic E-state index is -0.000511. The molecular formula is C17H18O3. The molecule has 0 fully saturated rings. The van der Waals surface area contributed by atoms with Crippen LogP contribution in [0.5, 0.6) is 5.75 Å². The molecule has 20 heavy (non-hydrogen) atoms. The van der Waals surface area contributed by atoms with Gasteiger partial charge in [-0.15, -0.1) is 0 Å². The van der Waals surface area contributed by atoms with E-state index in [1.54, 1.807) is 6.07 Å². The molecular weight excluding hydrogens is 252 g/mol. The molecule has 3 heteroatoms. The summed E-state index contributed by atoms with van der Waals surface area (Å²) >= 11 is 0. The monoisotopic (exact) mass is 270 g/mol. The molecule has 0 amide bonds. The van der Waals surface area contributed by atoms with Crippen LogP contribution >= 0.6 is 0 Å². The van der Waals surface area contributed by atoms with Crippen molar-refractivity contribution in [2.24, 2.45) is 0 Å². The highest BCUT2D eigenvalue weighted by Crippen LogP contribution is 2.29. The molecule has 0 radical (unpaired) electrons. The second kappa shape index (κ2) is 6.33. The Kier molecular flexibility index (Phi) is 4.51. The van der Waals surface area contributed by atoms with Crippen molar-refractivity contribution < 1.29 is 14.3 Å². The molecule has 0 aliphatic heterocycles. The molecule has 0 bridgehead atoms. The van der Waals surface area contributed by atoms with Gasteiger partial charge in [-0.25, -0.2) is 0 Å². The summed E-state index contributed by atoms with van der Waals surface area (Å²) in [5.41, 5.74) is 0.658. The molecule has 3 nitrogen and oxygen atoms in total. The van der Waals surface area contributed by atoms with E-state index in [0.29, 0.717) is 18.6 Å². The van der Waals surface area contributed by atoms with E-state index in [-0.39, 0.29) is 18.0 Å². The zero-order valence-corrected chi connectivity index (χ0v) is 11.8. The van der Waals surface area contributed by atoms with Crippen LogP contribution < -0.4 is 4.74 Å². The van der Waals surface area contributed by atoms with Gasteiger partial charge in [0.2, 0.25) is 0 Å². The molecule has 0 saturated carbocycles. The normalized spacial score (nSPS) is 10.5. The summed E-state index contributed by atoms with van der Waals surface area (Å²) in [4.78, 5) is 23.2. The fraction of sp³-hybridized carbons (Fsp3) is 0.294. The van der Waals surface area contributed by atoms with E-state index in [2.05, 4.69) is 0 Å². The molecule has 0 saturated heterocycles. The number of ether oxygens (including phenoxy) is 1. The van der Waals surface area contributed by atoms with Gasteiger partial charge in [-0.3, -0.25) is 4.79 Å². The lowest BCUT2D eigenvalue weighted by atomic mass is 9.98. The van der Waals surface area contributed by atoms with Crippen LogP contribution in [-0.4, -0.2) is 18.2 Å². The molecule has 0 heterocycles. The van der Waals surface area contributed by atoms with Gasteiger partial charge in [0.25, 0.3) is 0 Å². The lowest BCUT2D eigenvalue weighted by Gasteiger charge is -2.10. The Labute approximate surface area is 118 Å². The summed E-state index contributed by atoms with van der Waals surface area (Å²) in [5, 5.41) is 1.81. The minimum absolute atomic E-state index is 0.000511. The van der Waals surface area contributed by atoms with Gasteiger partial charge >= 0.3 is 0 Å². The van der Waals surface area contributed by atoms with E-state index in [4.69, 9.17) is 4.74 Å². The summed E-state index contributed by atoms with van der Waals surface area (Å²) in [5.74, 6) is 0.819. The fourth-order valence-electron chi connectivity index (χ4n) is 2.22. The van der Waals surface area contributed by atoms with Crippen LogP contribution in [0, 0.1) is 0 Å². The zero-order valence-electron chi connectivity index (χ0n) is 11.8. The number of fused-ring (bicyclic) bond motifs is 1. The molecule has 0 spiro atoms. The highest BCUT2D eigenvalue weighted by molar-refractivity contribution is 6.10. The Balaban J connectivity index is 2.42. The van der Waals surface area contributed by atoms with Crippen molar-refractivity contribution in [1.29, 1.82) is 0 Å². The third-order valence-electron chi connectivity index (χ3n) is 3.19. The van der Waals surface area contributed by atoms with Crippen molar-refractivity contribution in [3.8, 4) is 5.75 Å². The topological polar surface area (TPSA) is 43.4 Å². The summed E-state index contributed by atoms with van der Waals surface area (Å²) in [6.07, 6.45) is 0.549. The van der Waals surface area contributed by atoms with E-state index in [1.165, 1.54) is 6.92 Å². The summed E-state index contributed by atoms with van der Waals surface area (Å²) in [6, 6.07) is 11.3. The van der Waals surface area contributed by atoms with Crippen molar-refractivity contribution in [2.45, 2.75) is 26.7 Å². The SMILES string of the molecule is CCOc1ccc(C(=O)CCC(C)=O)c2ccccc12. The maximum Gasteiger partial charge on any atom is 0.163 e. The van der Waals surface area contributed by atoms with Gasteiger partial charge in [-0.05, 0) is 31.4 Å². The molecule has 104 valence electrons. The second-order valence-corrected chi connectivity index (χ2v) is 4.72. The molecule has 2 rings (SSSR count). The van der Waals surface area contributed by atoms with E-state index in [9.17, 15) is 9.59 Å². The molecule has 0 atom stereocenters. The Morgan fingerprint density at radius 2 is 1.70 bits per heavy atom. The second-order valence-electron chi connectivity index (χ2n) is 4.72. The standard InChI is InChI=1S/C17H18O3/c1-3-20-17-11-9-14(16(19)10-8-12(2)18)13-6-4-5-7-15(13)17/h4-7,9,11H,3,8,10H2,1-2H3. The molecule has 0 aliphatic carbocycles. The number of hydrogen-bond donors (Lipinski definition) is 0. The molecule has 0 N–H and O–H groups in total. The smallest absolute Gasteiger partial charge is 0.163 e. The number of benzene rings is 2. The number of carbonyl (C=O) groups is 2. The molecule has 2 aromatic carbocycles. The summed E-state index contributed by atoms with van der Waals surface area (Å²) in [6.45, 7) is 4.02. The number of hydrogen-bond acceptors (Lipinski definition) is 3. The van der Waals surface area contributed by atoms with Crippen molar-refractivity contribution >= 4 is 22.3 Å². The first-order valence-corrected chi connectivity index (χ1v) is 6.80. The summed E-state index contributed by atoms with van der Waals surface area (Å²) < 4.78 is 5.59. The summed E-state index contributed by atoms with van der Waals surface area (Å²) in [7, 11) is 0. The Hall–Kier alpha value is -2.16. The van der Waals surface area contributed by atoms with E-state index < -0.39 is 0 Å². The largest absolute Gasteiger partial charge is 0.493 e. The van der Waals surface area contributed by atoms with Gasteiger partial charge in [0.05, 0.1) is 6.61 Å². The van der Waals surface area contributed by atoms with Gasteiger partial charge in [0.15, 0.2) is 5.78 Å². The third-order valence-corrected chi connectivity index (χ3v) is 3.19. The number of Topliss-reactive ketones (excluding diaryl/α,β-unsaturated/α-hetero) is 2. The predicted octanol–water partition coefficient (Wildman–Crippen LogP) is 3.79. The average Bonchev–Trinajstić information content (AvgIpc) is 2.45. The van der Waals surface area contributed by atoms with Crippen molar-refractivity contribution in [3.05, 3.63) is 42.0 Å². The highest BCUT2D eigenvalue weighted by Gasteiger charge is 2.13. The molecule has 2 aromatic rings. The Morgan fingerprint density at radius 1 is 1.00 bits per heavy atom. The van der Waals surface area contributed by atoms with Gasteiger partial charge in [0, 0.05) is 23.8 Å². The van der Waals surface area contributed by atoms with Crippen LogP contribution in [0.25, 0.3) is 10.8 Å². The van der Waals surface area contributed by atoms with Crippen LogP contribution in [0.3, 0.4) is 0 Å². The first kappa shape index (κ1) is 14.3. The Bertz CT molecular complexity index is 644. The van der Waals surface area contributed by atoms with Crippen LogP contribution in [0.15, 0.2) is 36.4 Å². The predicted molar refractivity (Wildman–Crippen MR) is 79.4 cm³/mol. The number of ketones is 2. The van der Waals surface area contributed by atoms with E-state index in [0.717, 1.165) is 16.5 Å².